The third-order valence-electron chi connectivity index (χ3n) is 5.39. The Hall–Kier alpha value is -2.87. The number of carbonyl (C=O) groups excluding carboxylic acids is 1. The Kier molecular flexibility index (Phi) is 4.71. The van der Waals surface area contributed by atoms with Crippen LogP contribution in [0.3, 0.4) is 0 Å². The number of carbonyl (C=O) groups is 1. The van der Waals surface area contributed by atoms with Crippen molar-refractivity contribution in [2.45, 2.75) is 39.0 Å². The highest BCUT2D eigenvalue weighted by molar-refractivity contribution is 7.12. The first-order chi connectivity index (χ1) is 14.2. The predicted molar refractivity (Wildman–Crippen MR) is 111 cm³/mol. The summed E-state index contributed by atoms with van der Waals surface area (Å²) in [5.74, 6) is 2.69. The van der Waals surface area contributed by atoms with Gasteiger partial charge in [-0.1, -0.05) is 12.8 Å². The molecule has 1 aliphatic carbocycles. The smallest absolute Gasteiger partial charge is 0.231 e. The normalized spacial score (nSPS) is 15.8. The third-order valence-corrected chi connectivity index (χ3v) is 6.21. The van der Waals surface area contributed by atoms with Crippen molar-refractivity contribution >= 4 is 23.1 Å². The zero-order valence-corrected chi connectivity index (χ0v) is 17.0. The van der Waals surface area contributed by atoms with Gasteiger partial charge in [0.25, 0.3) is 0 Å². The number of ether oxygens (including phenoxy) is 2. The number of aromatic nitrogens is 3. The van der Waals surface area contributed by atoms with Crippen molar-refractivity contribution in [2.24, 2.45) is 5.92 Å². The number of hydrogen-bond donors (Lipinski definition) is 1. The quantitative estimate of drug-likeness (QED) is 0.668. The molecule has 0 radical (unpaired) electrons. The molecule has 3 heterocycles. The largest absolute Gasteiger partial charge is 0.454 e. The molecule has 8 heteroatoms. The molecule has 0 unspecified atom stereocenters. The Balaban J connectivity index is 1.37. The standard InChI is InChI=1S/C21H22N4O3S/c1-13-8-19(23-20(26)9-14-4-2-3-5-14)25(24-13)21-22-16(11-29-21)15-6-7-17-18(10-15)28-12-27-17/h6-8,10-11,14H,2-5,9,12H2,1H3,(H,23,26). The topological polar surface area (TPSA) is 78.3 Å². The van der Waals surface area contributed by atoms with Crippen LogP contribution in [0.1, 0.15) is 37.8 Å². The molecule has 3 aromatic rings. The maximum atomic E-state index is 12.5. The summed E-state index contributed by atoms with van der Waals surface area (Å²) in [5, 5.41) is 10.3. The van der Waals surface area contributed by atoms with Gasteiger partial charge in [-0.3, -0.25) is 4.79 Å². The van der Waals surface area contributed by atoms with Gasteiger partial charge in [-0.15, -0.1) is 11.3 Å². The maximum absolute atomic E-state index is 12.5. The molecule has 0 atom stereocenters. The lowest BCUT2D eigenvalue weighted by atomic mass is 10.0. The molecule has 0 spiro atoms. The Labute approximate surface area is 172 Å². The molecule has 1 N–H and O–H groups in total. The highest BCUT2D eigenvalue weighted by atomic mass is 32.1. The van der Waals surface area contributed by atoms with Gasteiger partial charge in [0.1, 0.15) is 5.82 Å². The molecule has 29 heavy (non-hydrogen) atoms. The second-order valence-corrected chi connectivity index (χ2v) is 8.41. The van der Waals surface area contributed by atoms with Gasteiger partial charge >= 0.3 is 0 Å². The molecule has 7 nitrogen and oxygen atoms in total. The predicted octanol–water partition coefficient (Wildman–Crippen LogP) is 4.55. The van der Waals surface area contributed by atoms with Crippen LogP contribution >= 0.6 is 11.3 Å². The number of amides is 1. The molecule has 2 aliphatic rings. The molecule has 1 saturated carbocycles. The average Bonchev–Trinajstić information content (AvgIpc) is 3.48. The molecular weight excluding hydrogens is 388 g/mol. The van der Waals surface area contributed by atoms with Crippen LogP contribution in [0.25, 0.3) is 16.4 Å². The van der Waals surface area contributed by atoms with E-state index >= 15 is 0 Å². The number of nitrogens with zero attached hydrogens (tertiary/aromatic N) is 3. The van der Waals surface area contributed by atoms with Gasteiger partial charge in [0.2, 0.25) is 17.8 Å². The van der Waals surface area contributed by atoms with E-state index in [2.05, 4.69) is 10.4 Å². The van der Waals surface area contributed by atoms with Crippen molar-refractivity contribution in [1.29, 1.82) is 0 Å². The molecule has 0 bridgehead atoms. The highest BCUT2D eigenvalue weighted by Gasteiger charge is 2.21. The summed E-state index contributed by atoms with van der Waals surface area (Å²) in [5.41, 5.74) is 2.62. The number of thiazole rings is 1. The Morgan fingerprint density at radius 3 is 2.93 bits per heavy atom. The van der Waals surface area contributed by atoms with Crippen LogP contribution in [-0.2, 0) is 4.79 Å². The molecular formula is C21H22N4O3S. The van der Waals surface area contributed by atoms with E-state index in [1.54, 1.807) is 4.68 Å². The number of hydrogen-bond acceptors (Lipinski definition) is 6. The van der Waals surface area contributed by atoms with Crippen molar-refractivity contribution < 1.29 is 14.3 Å². The molecule has 1 aliphatic heterocycles. The maximum Gasteiger partial charge on any atom is 0.231 e. The summed E-state index contributed by atoms with van der Waals surface area (Å²) in [6.07, 6.45) is 5.34. The van der Waals surface area contributed by atoms with E-state index in [1.807, 2.05) is 36.6 Å². The van der Waals surface area contributed by atoms with E-state index in [0.717, 1.165) is 41.3 Å². The van der Waals surface area contributed by atoms with Crippen LogP contribution in [0.2, 0.25) is 0 Å². The summed E-state index contributed by atoms with van der Waals surface area (Å²) in [7, 11) is 0. The molecule has 1 fully saturated rings. The molecule has 150 valence electrons. The van der Waals surface area contributed by atoms with Crippen LogP contribution in [0.5, 0.6) is 11.5 Å². The second kappa shape index (κ2) is 7.51. The third kappa shape index (κ3) is 3.72. The van der Waals surface area contributed by atoms with Crippen molar-refractivity contribution in [3.63, 3.8) is 0 Å². The number of benzene rings is 1. The number of aryl methyl sites for hydroxylation is 1. The van der Waals surface area contributed by atoms with Gasteiger partial charge < -0.3 is 14.8 Å². The van der Waals surface area contributed by atoms with E-state index in [4.69, 9.17) is 14.5 Å². The number of fused-ring (bicyclic) bond motifs is 1. The Morgan fingerprint density at radius 2 is 2.07 bits per heavy atom. The average molecular weight is 410 g/mol. The first-order valence-corrected chi connectivity index (χ1v) is 10.8. The molecule has 2 aromatic heterocycles. The lowest BCUT2D eigenvalue weighted by Crippen LogP contribution is -2.17. The van der Waals surface area contributed by atoms with Crippen molar-refractivity contribution in [3.05, 3.63) is 35.3 Å². The lowest BCUT2D eigenvalue weighted by Gasteiger charge is -2.10. The monoisotopic (exact) mass is 410 g/mol. The van der Waals surface area contributed by atoms with E-state index in [-0.39, 0.29) is 12.7 Å². The number of nitrogens with one attached hydrogen (secondary N) is 1. The highest BCUT2D eigenvalue weighted by Crippen LogP contribution is 2.36. The second-order valence-electron chi connectivity index (χ2n) is 7.57. The minimum Gasteiger partial charge on any atom is -0.454 e. The molecule has 0 saturated heterocycles. The van der Waals surface area contributed by atoms with Crippen LogP contribution in [-0.4, -0.2) is 27.5 Å². The fourth-order valence-corrected chi connectivity index (χ4v) is 4.75. The Bertz CT molecular complexity index is 1050. The first kappa shape index (κ1) is 18.2. The van der Waals surface area contributed by atoms with E-state index in [0.29, 0.717) is 23.3 Å². The zero-order valence-electron chi connectivity index (χ0n) is 16.2. The number of anilines is 1. The summed E-state index contributed by atoms with van der Waals surface area (Å²) >= 11 is 1.48. The molecule has 1 amide bonds. The SMILES string of the molecule is Cc1cc(NC(=O)CC2CCCC2)n(-c2nc(-c3ccc4c(c3)OCO4)cs2)n1. The fourth-order valence-electron chi connectivity index (χ4n) is 3.95. The van der Waals surface area contributed by atoms with Crippen LogP contribution in [0.15, 0.2) is 29.6 Å². The van der Waals surface area contributed by atoms with Crippen molar-refractivity contribution in [2.75, 3.05) is 12.1 Å². The van der Waals surface area contributed by atoms with Crippen molar-refractivity contribution in [1.82, 2.24) is 14.8 Å². The van der Waals surface area contributed by atoms with Gasteiger partial charge in [0.05, 0.1) is 11.4 Å². The summed E-state index contributed by atoms with van der Waals surface area (Å²) in [6.45, 7) is 2.16. The lowest BCUT2D eigenvalue weighted by molar-refractivity contribution is -0.117. The van der Waals surface area contributed by atoms with Gasteiger partial charge in [0, 0.05) is 23.4 Å². The summed E-state index contributed by atoms with van der Waals surface area (Å²) in [6, 6.07) is 7.67. The first-order valence-electron chi connectivity index (χ1n) is 9.88. The van der Waals surface area contributed by atoms with Crippen LogP contribution < -0.4 is 14.8 Å². The fraction of sp³-hybridized carbons (Fsp3) is 0.381. The number of rotatable bonds is 5. The molecule has 5 rings (SSSR count). The van der Waals surface area contributed by atoms with Gasteiger partial charge in [-0.05, 0) is 43.9 Å². The zero-order chi connectivity index (χ0) is 19.8. The van der Waals surface area contributed by atoms with Gasteiger partial charge in [-0.2, -0.15) is 9.78 Å². The van der Waals surface area contributed by atoms with Gasteiger partial charge in [0.15, 0.2) is 11.5 Å². The van der Waals surface area contributed by atoms with Crippen LogP contribution in [0.4, 0.5) is 5.82 Å². The van der Waals surface area contributed by atoms with Gasteiger partial charge in [-0.25, -0.2) is 4.98 Å². The van der Waals surface area contributed by atoms with Crippen molar-refractivity contribution in [3.8, 4) is 27.9 Å². The minimum absolute atomic E-state index is 0.0469. The van der Waals surface area contributed by atoms with E-state index in [9.17, 15) is 4.79 Å². The summed E-state index contributed by atoms with van der Waals surface area (Å²) < 4.78 is 12.5. The van der Waals surface area contributed by atoms with Crippen LogP contribution in [0, 0.1) is 12.8 Å². The van der Waals surface area contributed by atoms with E-state index in [1.165, 1.54) is 24.2 Å². The van der Waals surface area contributed by atoms with E-state index < -0.39 is 0 Å². The summed E-state index contributed by atoms with van der Waals surface area (Å²) in [4.78, 5) is 17.2. The Morgan fingerprint density at radius 1 is 1.24 bits per heavy atom. The minimum atomic E-state index is 0.0469. The molecule has 1 aromatic carbocycles.